The molecule has 0 aliphatic heterocycles. The fraction of sp³-hybridized carbons (Fsp3) is 0. The number of fused-ring (bicyclic) bond motifs is 1. The van der Waals surface area contributed by atoms with Crippen molar-refractivity contribution in [3.8, 4) is 0 Å². The Morgan fingerprint density at radius 1 is 0.952 bits per heavy atom. The minimum absolute atomic E-state index is 0. The van der Waals surface area contributed by atoms with Crippen LogP contribution in [0.5, 0.6) is 0 Å². The molecule has 0 aliphatic rings. The summed E-state index contributed by atoms with van der Waals surface area (Å²) < 4.78 is 31.7. The van der Waals surface area contributed by atoms with Gasteiger partial charge in [-0.2, -0.15) is 8.42 Å². The first-order valence-electron chi connectivity index (χ1n) is 5.18. The Balaban J connectivity index is 0.00000220. The van der Waals surface area contributed by atoms with E-state index in [-0.39, 0.29) is 65.2 Å². The van der Waals surface area contributed by atoms with Gasteiger partial charge < -0.3 is 19.8 Å². The second-order valence-electron chi connectivity index (χ2n) is 3.96. The molecule has 2 rings (SSSR count). The summed E-state index contributed by atoms with van der Waals surface area (Å²) in [4.78, 5) is 20.9. The molecule has 0 radical (unpaired) electrons. The first-order chi connectivity index (χ1) is 9.20. The van der Waals surface area contributed by atoms with Crippen LogP contribution in [0.1, 0.15) is 20.7 Å². The largest absolute Gasteiger partial charge is 2.00 e. The molecule has 1 N–H and O–H groups in total. The first-order valence-corrected chi connectivity index (χ1v) is 6.62. The van der Waals surface area contributed by atoms with Crippen molar-refractivity contribution in [3.05, 3.63) is 41.5 Å². The molecule has 0 spiro atoms. The van der Waals surface area contributed by atoms with Gasteiger partial charge in [0.15, 0.2) is 0 Å². The fourth-order valence-electron chi connectivity index (χ4n) is 1.78. The van der Waals surface area contributed by atoms with E-state index in [2.05, 4.69) is 0 Å². The van der Waals surface area contributed by atoms with Crippen LogP contribution in [0.3, 0.4) is 0 Å². The van der Waals surface area contributed by atoms with E-state index < -0.39 is 32.5 Å². The van der Waals surface area contributed by atoms with E-state index in [0.29, 0.717) is 6.07 Å². The molecule has 0 saturated heterocycles. The van der Waals surface area contributed by atoms with Gasteiger partial charge in [-0.15, -0.1) is 0 Å². The summed E-state index contributed by atoms with van der Waals surface area (Å²) in [6.07, 6.45) is 0. The zero-order valence-corrected chi connectivity index (χ0v) is 15.7. The van der Waals surface area contributed by atoms with Gasteiger partial charge >= 0.3 is 48.9 Å². The van der Waals surface area contributed by atoms with E-state index in [1.54, 1.807) is 0 Å². The number of hydrogen-bond acceptors (Lipinski definition) is 6. The van der Waals surface area contributed by atoms with Crippen LogP contribution in [0.25, 0.3) is 10.8 Å². The van der Waals surface area contributed by atoms with Crippen molar-refractivity contribution in [2.75, 3.05) is 0 Å². The molecule has 7 nitrogen and oxygen atoms in total. The number of aromatic carboxylic acids is 2. The van der Waals surface area contributed by atoms with Crippen LogP contribution in [-0.4, -0.2) is 73.8 Å². The molecular weight excluding hydrogens is 426 g/mol. The van der Waals surface area contributed by atoms with Crippen molar-refractivity contribution in [2.24, 2.45) is 0 Å². The van der Waals surface area contributed by atoms with Crippen molar-refractivity contribution in [1.29, 1.82) is 0 Å². The van der Waals surface area contributed by atoms with Crippen LogP contribution in [0, 0.1) is 0 Å². The molecule has 0 saturated carbocycles. The van der Waals surface area contributed by atoms with Crippen molar-refractivity contribution in [2.45, 2.75) is 4.90 Å². The monoisotopic (exact) mass is 432 g/mol. The fourth-order valence-corrected chi connectivity index (χ4v) is 2.51. The summed E-state index contributed by atoms with van der Waals surface area (Å²) in [6, 6.07) is 5.13. The molecule has 0 atom stereocenters. The van der Waals surface area contributed by atoms with Crippen molar-refractivity contribution < 1.29 is 32.8 Å². The van der Waals surface area contributed by atoms with E-state index in [1.807, 2.05) is 0 Å². The van der Waals surface area contributed by atoms with E-state index in [9.17, 15) is 28.2 Å². The Labute approximate surface area is 159 Å². The molecule has 0 fully saturated rings. The summed E-state index contributed by atoms with van der Waals surface area (Å²) in [7, 11) is -4.73. The molecular formula is C12H6BaO7S. The van der Waals surface area contributed by atoms with Crippen molar-refractivity contribution in [1.82, 2.24) is 0 Å². The average Bonchev–Trinajstić information content (AvgIpc) is 2.35. The standard InChI is InChI=1S/C12H8O7S.Ba/c13-11(14)7-2-1-6-3-8(12(15)16)5-10(9(6)4-7)20(17,18)19;/h1-5H,(H,13,14)(H,15,16)(H,17,18,19);/q;+2/p-2. The van der Waals surface area contributed by atoms with Crippen molar-refractivity contribution >= 4 is 81.7 Å². The normalized spacial score (nSPS) is 10.9. The molecule has 21 heavy (non-hydrogen) atoms. The van der Waals surface area contributed by atoms with Gasteiger partial charge in [-0.05, 0) is 34.7 Å². The molecule has 0 aromatic heterocycles. The zero-order chi connectivity index (χ0) is 15.1. The number of carboxylic acid groups (broad SMARTS) is 2. The van der Waals surface area contributed by atoms with Gasteiger partial charge in [-0.25, -0.2) is 0 Å². The summed E-state index contributed by atoms with van der Waals surface area (Å²) in [6.45, 7) is 0. The van der Waals surface area contributed by atoms with Gasteiger partial charge in [0, 0.05) is 5.39 Å². The van der Waals surface area contributed by atoms with Gasteiger partial charge in [0.25, 0.3) is 10.1 Å². The van der Waals surface area contributed by atoms with E-state index in [0.717, 1.165) is 18.2 Å². The zero-order valence-electron chi connectivity index (χ0n) is 10.4. The second-order valence-corrected chi connectivity index (χ2v) is 5.35. The molecule has 0 amide bonds. The van der Waals surface area contributed by atoms with E-state index in [4.69, 9.17) is 4.55 Å². The number of hydrogen-bond donors (Lipinski definition) is 1. The molecule has 0 unspecified atom stereocenters. The third-order valence-electron chi connectivity index (χ3n) is 2.67. The maximum absolute atomic E-state index is 11.3. The maximum atomic E-state index is 11.3. The molecule has 9 heteroatoms. The summed E-state index contributed by atoms with van der Waals surface area (Å²) in [5.41, 5.74) is -0.755. The van der Waals surface area contributed by atoms with Gasteiger partial charge in [-0.1, -0.05) is 12.1 Å². The van der Waals surface area contributed by atoms with Crippen LogP contribution >= 0.6 is 0 Å². The third-order valence-corrected chi connectivity index (χ3v) is 3.56. The summed E-state index contributed by atoms with van der Waals surface area (Å²) in [5.74, 6) is -3.15. The van der Waals surface area contributed by atoms with E-state index in [1.165, 1.54) is 6.07 Å². The number of rotatable bonds is 3. The van der Waals surface area contributed by atoms with Crippen LogP contribution in [-0.2, 0) is 10.1 Å². The van der Waals surface area contributed by atoms with Crippen LogP contribution in [0.15, 0.2) is 35.2 Å². The van der Waals surface area contributed by atoms with Gasteiger partial charge in [0.2, 0.25) is 0 Å². The Morgan fingerprint density at radius 2 is 1.52 bits per heavy atom. The van der Waals surface area contributed by atoms with Crippen LogP contribution in [0.4, 0.5) is 0 Å². The number of carbonyl (C=O) groups is 2. The molecule has 2 aromatic rings. The SMILES string of the molecule is O=C([O-])c1cc(S(=O)(=O)O)c2cc(C(=O)[O-])ccc2c1.[Ba+2]. The summed E-state index contributed by atoms with van der Waals surface area (Å²) in [5, 5.41) is 21.6. The Morgan fingerprint density at radius 3 is 2.00 bits per heavy atom. The topological polar surface area (TPSA) is 135 Å². The van der Waals surface area contributed by atoms with Gasteiger partial charge in [-0.3, -0.25) is 4.55 Å². The quantitative estimate of drug-likeness (QED) is 0.458. The van der Waals surface area contributed by atoms with Gasteiger partial charge in [0.1, 0.15) is 4.90 Å². The Kier molecular flexibility index (Phi) is 5.61. The minimum atomic E-state index is -4.73. The second kappa shape index (κ2) is 6.48. The van der Waals surface area contributed by atoms with Crippen molar-refractivity contribution in [3.63, 3.8) is 0 Å². The van der Waals surface area contributed by atoms with Gasteiger partial charge in [0.05, 0.1) is 11.9 Å². The number of benzene rings is 2. The van der Waals surface area contributed by atoms with E-state index >= 15 is 0 Å². The third kappa shape index (κ3) is 3.86. The summed E-state index contributed by atoms with van der Waals surface area (Å²) >= 11 is 0. The molecule has 0 aliphatic carbocycles. The smallest absolute Gasteiger partial charge is 0.545 e. The predicted molar refractivity (Wildman–Crippen MR) is 68.2 cm³/mol. The number of carbonyl (C=O) groups excluding carboxylic acids is 2. The Bertz CT molecular complexity index is 842. The number of carboxylic acids is 2. The molecule has 0 heterocycles. The molecule has 104 valence electrons. The van der Waals surface area contributed by atoms with Crippen LogP contribution < -0.4 is 10.2 Å². The Hall–Kier alpha value is -0.879. The predicted octanol–water partition coefficient (Wildman–Crippen LogP) is -1.57. The average molecular weight is 432 g/mol. The molecule has 0 bridgehead atoms. The maximum Gasteiger partial charge on any atom is 2.00 e. The minimum Gasteiger partial charge on any atom is -0.545 e. The van der Waals surface area contributed by atoms with Crippen LogP contribution in [0.2, 0.25) is 0 Å². The molecule has 2 aromatic carbocycles. The first kappa shape index (κ1) is 18.2.